The summed E-state index contributed by atoms with van der Waals surface area (Å²) in [4.78, 5) is 24.8. The zero-order valence-electron chi connectivity index (χ0n) is 23.5. The summed E-state index contributed by atoms with van der Waals surface area (Å²) in [5.74, 6) is 2.02. The van der Waals surface area contributed by atoms with Crippen molar-refractivity contribution < 1.29 is 28.5 Å². The molecule has 2 fully saturated rings. The molecule has 0 aliphatic heterocycles. The Balaban J connectivity index is 1.22. The molecule has 2 saturated carbocycles. The molecule has 6 nitrogen and oxygen atoms in total. The van der Waals surface area contributed by atoms with Crippen molar-refractivity contribution in [1.82, 2.24) is 0 Å². The number of rotatable bonds is 12. The first kappa shape index (κ1) is 28.3. The Morgan fingerprint density at radius 2 is 0.900 bits per heavy atom. The van der Waals surface area contributed by atoms with Crippen molar-refractivity contribution in [3.05, 3.63) is 48.5 Å². The largest absolute Gasteiger partial charge is 0.492 e. The molecule has 3 aromatic carbocycles. The van der Waals surface area contributed by atoms with Crippen molar-refractivity contribution in [3.8, 4) is 11.5 Å². The third-order valence-electron chi connectivity index (χ3n) is 8.35. The molecule has 0 radical (unpaired) electrons. The first-order valence-corrected chi connectivity index (χ1v) is 15.2. The summed E-state index contributed by atoms with van der Waals surface area (Å²) in [6.45, 7) is 1.52. The second-order valence-electron chi connectivity index (χ2n) is 11.3. The third-order valence-corrected chi connectivity index (χ3v) is 8.35. The summed E-state index contributed by atoms with van der Waals surface area (Å²) in [6, 6.07) is 15.9. The number of carbonyl (C=O) groups excluding carboxylic acids is 2. The van der Waals surface area contributed by atoms with Gasteiger partial charge in [0.05, 0.1) is 39.3 Å². The van der Waals surface area contributed by atoms with E-state index in [1.54, 1.807) is 0 Å². The Bertz CT molecular complexity index is 1120. The van der Waals surface area contributed by atoms with Crippen LogP contribution >= 0.6 is 0 Å². The van der Waals surface area contributed by atoms with Crippen LogP contribution in [0.5, 0.6) is 11.5 Å². The van der Waals surface area contributed by atoms with Crippen molar-refractivity contribution in [1.29, 1.82) is 0 Å². The predicted molar refractivity (Wildman–Crippen MR) is 157 cm³/mol. The average molecular weight is 547 g/mol. The SMILES string of the molecule is O=C(CCOc1c2ccccc2c(OCCC(=O)OCC2CCCCC2)c2ccccc12)OCC1CCCCC1. The van der Waals surface area contributed by atoms with E-state index in [-0.39, 0.29) is 38.0 Å². The molecular weight excluding hydrogens is 504 g/mol. The summed E-state index contributed by atoms with van der Waals surface area (Å²) in [7, 11) is 0. The Labute approximate surface area is 237 Å². The molecule has 0 heterocycles. The van der Waals surface area contributed by atoms with Crippen molar-refractivity contribution in [2.75, 3.05) is 26.4 Å². The first-order valence-electron chi connectivity index (χ1n) is 15.2. The van der Waals surface area contributed by atoms with E-state index >= 15 is 0 Å². The van der Waals surface area contributed by atoms with Crippen LogP contribution < -0.4 is 9.47 Å². The lowest BCUT2D eigenvalue weighted by Gasteiger charge is -2.21. The molecule has 40 heavy (non-hydrogen) atoms. The molecule has 0 amide bonds. The van der Waals surface area contributed by atoms with Gasteiger partial charge < -0.3 is 18.9 Å². The van der Waals surface area contributed by atoms with Crippen LogP contribution in [0.2, 0.25) is 0 Å². The van der Waals surface area contributed by atoms with Gasteiger partial charge in [-0.15, -0.1) is 0 Å². The zero-order chi connectivity index (χ0) is 27.6. The topological polar surface area (TPSA) is 71.1 Å². The minimum atomic E-state index is -0.213. The Morgan fingerprint density at radius 1 is 0.550 bits per heavy atom. The maximum Gasteiger partial charge on any atom is 0.309 e. The van der Waals surface area contributed by atoms with Crippen LogP contribution in [-0.4, -0.2) is 38.4 Å². The van der Waals surface area contributed by atoms with Crippen molar-refractivity contribution in [2.24, 2.45) is 11.8 Å². The smallest absolute Gasteiger partial charge is 0.309 e. The number of ether oxygens (including phenoxy) is 4. The number of hydrogen-bond acceptors (Lipinski definition) is 6. The van der Waals surface area contributed by atoms with Gasteiger partial charge in [-0.3, -0.25) is 9.59 Å². The van der Waals surface area contributed by atoms with Gasteiger partial charge in [0.2, 0.25) is 0 Å². The molecule has 0 bridgehead atoms. The van der Waals surface area contributed by atoms with E-state index in [1.165, 1.54) is 38.5 Å². The fourth-order valence-electron chi connectivity index (χ4n) is 6.11. The Morgan fingerprint density at radius 3 is 1.25 bits per heavy atom. The molecule has 0 spiro atoms. The van der Waals surface area contributed by atoms with Gasteiger partial charge in [0.25, 0.3) is 0 Å². The fraction of sp³-hybridized carbons (Fsp3) is 0.529. The summed E-state index contributed by atoms with van der Waals surface area (Å²) < 4.78 is 23.6. The van der Waals surface area contributed by atoms with Crippen molar-refractivity contribution in [2.45, 2.75) is 77.0 Å². The molecular formula is C34H42O6. The van der Waals surface area contributed by atoms with E-state index in [2.05, 4.69) is 0 Å². The van der Waals surface area contributed by atoms with E-state index < -0.39 is 0 Å². The van der Waals surface area contributed by atoms with Crippen molar-refractivity contribution >= 4 is 33.5 Å². The van der Waals surface area contributed by atoms with Crippen molar-refractivity contribution in [3.63, 3.8) is 0 Å². The minimum Gasteiger partial charge on any atom is -0.492 e. The molecule has 0 saturated heterocycles. The van der Waals surface area contributed by atoms with Crippen LogP contribution in [0.4, 0.5) is 0 Å². The van der Waals surface area contributed by atoms with E-state index in [4.69, 9.17) is 18.9 Å². The maximum atomic E-state index is 12.4. The van der Waals surface area contributed by atoms with Gasteiger partial charge in [-0.1, -0.05) is 87.1 Å². The van der Waals surface area contributed by atoms with Crippen LogP contribution in [-0.2, 0) is 19.1 Å². The second-order valence-corrected chi connectivity index (χ2v) is 11.3. The minimum absolute atomic E-state index is 0.205. The number of fused-ring (bicyclic) bond motifs is 2. The van der Waals surface area contributed by atoms with E-state index in [0.29, 0.717) is 25.0 Å². The normalized spacial score (nSPS) is 16.6. The van der Waals surface area contributed by atoms with Gasteiger partial charge >= 0.3 is 11.9 Å². The summed E-state index contributed by atoms with van der Waals surface area (Å²) in [5.41, 5.74) is 0. The summed E-state index contributed by atoms with van der Waals surface area (Å²) in [6.07, 6.45) is 12.5. The number of benzene rings is 3. The average Bonchev–Trinajstić information content (AvgIpc) is 3.01. The summed E-state index contributed by atoms with van der Waals surface area (Å²) in [5, 5.41) is 3.64. The third kappa shape index (κ3) is 7.47. The first-order chi connectivity index (χ1) is 19.7. The molecule has 2 aliphatic rings. The molecule has 6 heteroatoms. The zero-order valence-corrected chi connectivity index (χ0v) is 23.5. The van der Waals surface area contributed by atoms with Gasteiger partial charge in [-0.25, -0.2) is 0 Å². The van der Waals surface area contributed by atoms with E-state index in [1.807, 2.05) is 48.5 Å². The molecule has 0 aromatic heterocycles. The molecule has 0 unspecified atom stereocenters. The molecule has 0 atom stereocenters. The molecule has 2 aliphatic carbocycles. The lowest BCUT2D eigenvalue weighted by molar-refractivity contribution is -0.146. The van der Waals surface area contributed by atoms with Crippen LogP contribution in [0.1, 0.15) is 77.0 Å². The standard InChI is InChI=1S/C34H42O6/c35-31(39-23-25-11-3-1-4-12-25)19-21-37-33-27-15-7-9-17-29(27)34(30-18-10-8-16-28(30)33)38-22-20-32(36)40-24-26-13-5-2-6-14-26/h7-10,15-18,25-26H,1-6,11-14,19-24H2. The monoisotopic (exact) mass is 546 g/mol. The van der Waals surface area contributed by atoms with E-state index in [9.17, 15) is 9.59 Å². The maximum absolute atomic E-state index is 12.4. The highest BCUT2D eigenvalue weighted by atomic mass is 16.5. The fourth-order valence-corrected chi connectivity index (χ4v) is 6.11. The number of carbonyl (C=O) groups is 2. The predicted octanol–water partition coefficient (Wildman–Crippen LogP) is 7.78. The lowest BCUT2D eigenvalue weighted by Crippen LogP contribution is -2.18. The summed E-state index contributed by atoms with van der Waals surface area (Å²) >= 11 is 0. The number of hydrogen-bond donors (Lipinski definition) is 0. The van der Waals surface area contributed by atoms with Gasteiger partial charge in [0.1, 0.15) is 11.5 Å². The highest BCUT2D eigenvalue weighted by Crippen LogP contribution is 2.42. The van der Waals surface area contributed by atoms with Crippen LogP contribution in [0.25, 0.3) is 21.5 Å². The molecule has 0 N–H and O–H groups in total. The lowest BCUT2D eigenvalue weighted by atomic mass is 9.90. The van der Waals surface area contributed by atoms with Crippen LogP contribution in [0, 0.1) is 11.8 Å². The van der Waals surface area contributed by atoms with Crippen LogP contribution in [0.15, 0.2) is 48.5 Å². The van der Waals surface area contributed by atoms with Gasteiger partial charge in [-0.05, 0) is 37.5 Å². The Hall–Kier alpha value is -3.28. The van der Waals surface area contributed by atoms with Crippen LogP contribution in [0.3, 0.4) is 0 Å². The van der Waals surface area contributed by atoms with Gasteiger partial charge in [0.15, 0.2) is 0 Å². The molecule has 3 aromatic rings. The molecule has 5 rings (SSSR count). The molecule has 214 valence electrons. The highest BCUT2D eigenvalue weighted by Gasteiger charge is 2.19. The van der Waals surface area contributed by atoms with Gasteiger partial charge in [-0.2, -0.15) is 0 Å². The quantitative estimate of drug-likeness (QED) is 0.171. The second kappa shape index (κ2) is 14.4. The highest BCUT2D eigenvalue weighted by molar-refractivity contribution is 6.11. The Kier molecular flexibility index (Phi) is 10.2. The van der Waals surface area contributed by atoms with Gasteiger partial charge in [0, 0.05) is 21.5 Å². The number of esters is 2. The van der Waals surface area contributed by atoms with E-state index in [0.717, 1.165) is 58.7 Å².